The maximum Gasteiger partial charge on any atom is 0.191 e. The lowest BCUT2D eigenvalue weighted by atomic mass is 9.72. The summed E-state index contributed by atoms with van der Waals surface area (Å²) in [5.74, 6) is 0.895. The van der Waals surface area contributed by atoms with Crippen molar-refractivity contribution in [2.75, 3.05) is 32.8 Å². The summed E-state index contributed by atoms with van der Waals surface area (Å²) in [5, 5.41) is 19.6. The van der Waals surface area contributed by atoms with Gasteiger partial charge >= 0.3 is 0 Å². The summed E-state index contributed by atoms with van der Waals surface area (Å²) in [6.07, 6.45) is 7.14. The Labute approximate surface area is 142 Å². The first-order valence-corrected chi connectivity index (χ1v) is 9.29. The van der Waals surface area contributed by atoms with Crippen molar-refractivity contribution in [1.82, 2.24) is 16.0 Å². The third-order valence-corrected chi connectivity index (χ3v) is 4.55. The lowest BCUT2D eigenvalue weighted by molar-refractivity contribution is 0.137. The highest BCUT2D eigenvalue weighted by molar-refractivity contribution is 5.79. The van der Waals surface area contributed by atoms with E-state index in [9.17, 15) is 5.11 Å². The third kappa shape index (κ3) is 8.56. The Morgan fingerprint density at radius 3 is 2.35 bits per heavy atom. The summed E-state index contributed by atoms with van der Waals surface area (Å²) >= 11 is 0. The zero-order chi connectivity index (χ0) is 17.2. The van der Waals surface area contributed by atoms with Gasteiger partial charge in [0.2, 0.25) is 0 Å². The number of nitrogens with one attached hydrogen (secondary N) is 3. The standard InChI is InChI=1S/C18H38N4O/c1-5-19-16(20-12-13-22-17(2,3)4)21-15-18(11-14-23)9-7-6-8-10-18/h22-23H,5-15H2,1-4H3,(H2,19,20,21). The molecule has 0 saturated heterocycles. The maximum atomic E-state index is 9.41. The molecule has 1 aliphatic carbocycles. The third-order valence-electron chi connectivity index (χ3n) is 4.55. The van der Waals surface area contributed by atoms with Crippen LogP contribution in [0.4, 0.5) is 0 Å². The average molecular weight is 327 g/mol. The highest BCUT2D eigenvalue weighted by atomic mass is 16.3. The van der Waals surface area contributed by atoms with E-state index in [1.165, 1.54) is 32.1 Å². The van der Waals surface area contributed by atoms with Crippen LogP contribution in [-0.2, 0) is 0 Å². The van der Waals surface area contributed by atoms with E-state index >= 15 is 0 Å². The van der Waals surface area contributed by atoms with Crippen LogP contribution in [0, 0.1) is 5.41 Å². The lowest BCUT2D eigenvalue weighted by Gasteiger charge is -2.35. The van der Waals surface area contributed by atoms with Crippen molar-refractivity contribution in [1.29, 1.82) is 0 Å². The van der Waals surface area contributed by atoms with Crippen LogP contribution in [0.5, 0.6) is 0 Å². The summed E-state index contributed by atoms with van der Waals surface area (Å²) in [6, 6.07) is 0. The number of rotatable bonds is 8. The molecule has 0 heterocycles. The summed E-state index contributed by atoms with van der Waals surface area (Å²) in [4.78, 5) is 4.82. The van der Waals surface area contributed by atoms with E-state index in [1.807, 2.05) is 0 Å². The second-order valence-electron chi connectivity index (χ2n) is 7.83. The Balaban J connectivity index is 2.51. The Morgan fingerprint density at radius 1 is 1.09 bits per heavy atom. The van der Waals surface area contributed by atoms with Gasteiger partial charge in [-0.25, -0.2) is 0 Å². The van der Waals surface area contributed by atoms with Crippen molar-refractivity contribution in [3.8, 4) is 0 Å². The Morgan fingerprint density at radius 2 is 1.78 bits per heavy atom. The topological polar surface area (TPSA) is 68.7 Å². The quantitative estimate of drug-likeness (QED) is 0.314. The van der Waals surface area contributed by atoms with Crippen LogP contribution in [0.2, 0.25) is 0 Å². The van der Waals surface area contributed by atoms with Crippen LogP contribution >= 0.6 is 0 Å². The van der Waals surface area contributed by atoms with E-state index in [4.69, 9.17) is 4.99 Å². The number of nitrogens with zero attached hydrogens (tertiary/aromatic N) is 1. The highest BCUT2D eigenvalue weighted by Crippen LogP contribution is 2.39. The molecule has 1 rings (SSSR count). The summed E-state index contributed by atoms with van der Waals surface area (Å²) in [5.41, 5.74) is 0.351. The highest BCUT2D eigenvalue weighted by Gasteiger charge is 2.31. The van der Waals surface area contributed by atoms with Gasteiger partial charge in [-0.2, -0.15) is 0 Å². The fraction of sp³-hybridized carbons (Fsp3) is 0.944. The van der Waals surface area contributed by atoms with Gasteiger partial charge in [0.25, 0.3) is 0 Å². The second-order valence-corrected chi connectivity index (χ2v) is 7.83. The van der Waals surface area contributed by atoms with Crippen molar-refractivity contribution in [2.24, 2.45) is 10.4 Å². The van der Waals surface area contributed by atoms with Crippen LogP contribution in [0.1, 0.15) is 66.2 Å². The largest absolute Gasteiger partial charge is 0.396 e. The molecule has 0 radical (unpaired) electrons. The van der Waals surface area contributed by atoms with Gasteiger partial charge in [-0.3, -0.25) is 4.99 Å². The molecule has 23 heavy (non-hydrogen) atoms. The molecule has 136 valence electrons. The normalized spacial score (nSPS) is 18.7. The van der Waals surface area contributed by atoms with Gasteiger partial charge in [0, 0.05) is 38.3 Å². The zero-order valence-electron chi connectivity index (χ0n) is 15.7. The molecule has 0 aliphatic heterocycles. The molecule has 1 saturated carbocycles. The predicted octanol–water partition coefficient (Wildman–Crippen LogP) is 2.26. The molecule has 0 aromatic heterocycles. The Bertz CT molecular complexity index is 338. The number of aliphatic hydroxyl groups excluding tert-OH is 1. The minimum Gasteiger partial charge on any atom is -0.396 e. The number of aliphatic hydroxyl groups is 1. The van der Waals surface area contributed by atoms with E-state index in [0.717, 1.165) is 38.6 Å². The van der Waals surface area contributed by atoms with Gasteiger partial charge in [-0.15, -0.1) is 0 Å². The van der Waals surface area contributed by atoms with Gasteiger partial charge < -0.3 is 21.1 Å². The van der Waals surface area contributed by atoms with Crippen LogP contribution < -0.4 is 16.0 Å². The molecular formula is C18H38N4O. The molecular weight excluding hydrogens is 288 g/mol. The molecule has 0 atom stereocenters. The summed E-state index contributed by atoms with van der Waals surface area (Å²) in [6.45, 7) is 12.3. The number of hydrogen-bond donors (Lipinski definition) is 4. The summed E-state index contributed by atoms with van der Waals surface area (Å²) < 4.78 is 0. The molecule has 0 amide bonds. The van der Waals surface area contributed by atoms with Crippen LogP contribution in [0.15, 0.2) is 4.99 Å². The van der Waals surface area contributed by atoms with Crippen molar-refractivity contribution in [3.05, 3.63) is 0 Å². The number of hydrogen-bond acceptors (Lipinski definition) is 3. The fourth-order valence-corrected chi connectivity index (χ4v) is 3.23. The molecule has 5 nitrogen and oxygen atoms in total. The van der Waals surface area contributed by atoms with Gasteiger partial charge in [0.1, 0.15) is 0 Å². The molecule has 4 N–H and O–H groups in total. The SMILES string of the molecule is CCNC(=NCC1(CCO)CCCCC1)NCCNC(C)(C)C. The molecule has 0 bridgehead atoms. The first kappa shape index (κ1) is 20.2. The van der Waals surface area contributed by atoms with Gasteiger partial charge in [0.05, 0.1) is 0 Å². The molecule has 0 spiro atoms. The number of aliphatic imine (C=N–C) groups is 1. The van der Waals surface area contributed by atoms with Crippen molar-refractivity contribution in [2.45, 2.75) is 71.8 Å². The first-order chi connectivity index (χ1) is 10.9. The Kier molecular flexibility index (Phi) is 8.92. The van der Waals surface area contributed by atoms with E-state index in [-0.39, 0.29) is 17.6 Å². The van der Waals surface area contributed by atoms with Crippen LogP contribution in [-0.4, -0.2) is 49.4 Å². The first-order valence-electron chi connectivity index (χ1n) is 9.29. The molecule has 0 unspecified atom stereocenters. The van der Waals surface area contributed by atoms with Gasteiger partial charge in [-0.05, 0) is 52.4 Å². The van der Waals surface area contributed by atoms with Crippen molar-refractivity contribution >= 4 is 5.96 Å². The van der Waals surface area contributed by atoms with E-state index in [0.29, 0.717) is 0 Å². The van der Waals surface area contributed by atoms with E-state index in [1.54, 1.807) is 0 Å². The smallest absolute Gasteiger partial charge is 0.191 e. The predicted molar refractivity (Wildman–Crippen MR) is 99.0 cm³/mol. The van der Waals surface area contributed by atoms with Crippen LogP contribution in [0.25, 0.3) is 0 Å². The second kappa shape index (κ2) is 10.1. The molecule has 1 aliphatic rings. The number of guanidine groups is 1. The lowest BCUT2D eigenvalue weighted by Crippen LogP contribution is -2.45. The monoisotopic (exact) mass is 326 g/mol. The molecule has 1 fully saturated rings. The van der Waals surface area contributed by atoms with Gasteiger partial charge in [-0.1, -0.05) is 19.3 Å². The average Bonchev–Trinajstić information content (AvgIpc) is 2.49. The van der Waals surface area contributed by atoms with Crippen molar-refractivity contribution in [3.63, 3.8) is 0 Å². The van der Waals surface area contributed by atoms with Crippen molar-refractivity contribution < 1.29 is 5.11 Å². The summed E-state index contributed by atoms with van der Waals surface area (Å²) in [7, 11) is 0. The van der Waals surface area contributed by atoms with Crippen LogP contribution in [0.3, 0.4) is 0 Å². The molecule has 5 heteroatoms. The van der Waals surface area contributed by atoms with E-state index < -0.39 is 0 Å². The van der Waals surface area contributed by atoms with Gasteiger partial charge in [0.15, 0.2) is 5.96 Å². The Hall–Kier alpha value is -0.810. The minimum atomic E-state index is 0.143. The molecule has 0 aromatic rings. The van der Waals surface area contributed by atoms with E-state index in [2.05, 4.69) is 43.6 Å². The maximum absolute atomic E-state index is 9.41. The fourth-order valence-electron chi connectivity index (χ4n) is 3.23. The minimum absolute atomic E-state index is 0.143. The molecule has 0 aromatic carbocycles. The zero-order valence-corrected chi connectivity index (χ0v) is 15.7.